The van der Waals surface area contributed by atoms with Crippen molar-refractivity contribution in [2.75, 3.05) is 26.7 Å². The minimum absolute atomic E-state index is 0.0785. The molecule has 1 saturated heterocycles. The molecule has 1 aliphatic heterocycles. The molecule has 1 heterocycles. The van der Waals surface area contributed by atoms with Gasteiger partial charge >= 0.3 is 0 Å². The molecule has 0 spiro atoms. The number of hydrogen-bond donors (Lipinski definition) is 1. The predicted octanol–water partition coefficient (Wildman–Crippen LogP) is -0.747. The quantitative estimate of drug-likeness (QED) is 0.606. The molecule has 0 aromatic carbocycles. The van der Waals surface area contributed by atoms with E-state index in [9.17, 15) is 9.59 Å². The smallest absolute Gasteiger partial charge is 0.225 e. The van der Waals surface area contributed by atoms with Crippen LogP contribution in [0.5, 0.6) is 0 Å². The number of carbonyl (C=O) groups excluding carboxylic acids is 2. The summed E-state index contributed by atoms with van der Waals surface area (Å²) >= 11 is 0. The average Bonchev–Trinajstić information content (AvgIpc) is 1.94. The van der Waals surface area contributed by atoms with Crippen molar-refractivity contribution in [2.24, 2.45) is 5.92 Å². The summed E-state index contributed by atoms with van der Waals surface area (Å²) < 4.78 is 0. The van der Waals surface area contributed by atoms with Gasteiger partial charge in [-0.3, -0.25) is 14.5 Å². The summed E-state index contributed by atoms with van der Waals surface area (Å²) in [5.74, 6) is 0.328. The Morgan fingerprint density at radius 3 is 2.50 bits per heavy atom. The largest absolute Gasteiger partial charge is 0.359 e. The number of ketones is 1. The summed E-state index contributed by atoms with van der Waals surface area (Å²) in [4.78, 5) is 23.6. The van der Waals surface area contributed by atoms with Crippen LogP contribution in [0.3, 0.4) is 0 Å². The summed E-state index contributed by atoms with van der Waals surface area (Å²) in [5, 5.41) is 2.59. The Morgan fingerprint density at radius 1 is 1.50 bits per heavy atom. The number of amides is 1. The molecule has 1 fully saturated rings. The molecule has 0 unspecified atom stereocenters. The van der Waals surface area contributed by atoms with Crippen LogP contribution in [-0.4, -0.2) is 43.3 Å². The molecule has 0 saturated carbocycles. The SMILES string of the molecule is CNC(=O)C1CN(CC(C)=O)C1. The molecule has 12 heavy (non-hydrogen) atoms. The van der Waals surface area contributed by atoms with E-state index in [4.69, 9.17) is 0 Å². The van der Waals surface area contributed by atoms with Crippen LogP contribution in [0.1, 0.15) is 6.92 Å². The number of Topliss-reactive ketones (excluding diaryl/α,β-unsaturated/α-hetero) is 1. The molecule has 1 N–H and O–H groups in total. The van der Waals surface area contributed by atoms with E-state index in [1.165, 1.54) is 0 Å². The molecule has 1 aliphatic rings. The Labute approximate surface area is 71.9 Å². The second-order valence-corrected chi connectivity index (χ2v) is 3.21. The third-order valence-corrected chi connectivity index (χ3v) is 2.02. The van der Waals surface area contributed by atoms with Crippen LogP contribution in [0.4, 0.5) is 0 Å². The highest BCUT2D eigenvalue weighted by atomic mass is 16.2. The Kier molecular flexibility index (Phi) is 2.81. The summed E-state index contributed by atoms with van der Waals surface area (Å²) in [6.07, 6.45) is 0. The zero-order valence-electron chi connectivity index (χ0n) is 7.46. The van der Waals surface area contributed by atoms with Crippen molar-refractivity contribution in [1.82, 2.24) is 10.2 Å². The highest BCUT2D eigenvalue weighted by molar-refractivity contribution is 5.81. The normalized spacial score (nSPS) is 18.5. The van der Waals surface area contributed by atoms with Gasteiger partial charge in [0.25, 0.3) is 0 Å². The van der Waals surface area contributed by atoms with Crippen molar-refractivity contribution >= 4 is 11.7 Å². The van der Waals surface area contributed by atoms with Gasteiger partial charge in [-0.1, -0.05) is 0 Å². The van der Waals surface area contributed by atoms with Gasteiger partial charge in [-0.2, -0.15) is 0 Å². The summed E-state index contributed by atoms with van der Waals surface area (Å²) in [6, 6.07) is 0. The monoisotopic (exact) mass is 170 g/mol. The minimum Gasteiger partial charge on any atom is -0.359 e. The highest BCUT2D eigenvalue weighted by Crippen LogP contribution is 2.14. The fourth-order valence-electron chi connectivity index (χ4n) is 1.38. The van der Waals surface area contributed by atoms with Gasteiger partial charge in [0.1, 0.15) is 5.78 Å². The van der Waals surface area contributed by atoms with Gasteiger partial charge in [0.15, 0.2) is 0 Å². The Morgan fingerprint density at radius 2 is 2.08 bits per heavy atom. The second kappa shape index (κ2) is 3.67. The maximum atomic E-state index is 11.0. The zero-order valence-corrected chi connectivity index (χ0v) is 7.46. The predicted molar refractivity (Wildman–Crippen MR) is 44.7 cm³/mol. The molecule has 4 heteroatoms. The number of likely N-dealkylation sites (tertiary alicyclic amines) is 1. The first-order chi connectivity index (χ1) is 5.63. The standard InChI is InChI=1S/C8H14N2O2/c1-6(11)3-10-4-7(5-10)8(12)9-2/h7H,3-5H2,1-2H3,(H,9,12). The van der Waals surface area contributed by atoms with Crippen LogP contribution in [0.25, 0.3) is 0 Å². The molecule has 68 valence electrons. The lowest BCUT2D eigenvalue weighted by atomic mass is 9.99. The molecule has 0 atom stereocenters. The first-order valence-electron chi connectivity index (χ1n) is 4.07. The van der Waals surface area contributed by atoms with Crippen LogP contribution in [0.2, 0.25) is 0 Å². The van der Waals surface area contributed by atoms with E-state index in [1.54, 1.807) is 14.0 Å². The lowest BCUT2D eigenvalue weighted by molar-refractivity contribution is -0.132. The zero-order chi connectivity index (χ0) is 9.14. The first kappa shape index (κ1) is 9.19. The van der Waals surface area contributed by atoms with Crippen LogP contribution in [0, 0.1) is 5.92 Å². The van der Waals surface area contributed by atoms with E-state index < -0.39 is 0 Å². The van der Waals surface area contributed by atoms with Gasteiger partial charge in [0.2, 0.25) is 5.91 Å². The first-order valence-corrected chi connectivity index (χ1v) is 4.07. The summed E-state index contributed by atoms with van der Waals surface area (Å²) in [7, 11) is 1.63. The topological polar surface area (TPSA) is 49.4 Å². The maximum Gasteiger partial charge on any atom is 0.225 e. The van der Waals surface area contributed by atoms with Crippen molar-refractivity contribution in [3.63, 3.8) is 0 Å². The van der Waals surface area contributed by atoms with Crippen LogP contribution in [0.15, 0.2) is 0 Å². The van der Waals surface area contributed by atoms with Crippen molar-refractivity contribution in [1.29, 1.82) is 0 Å². The van der Waals surface area contributed by atoms with E-state index in [0.717, 1.165) is 13.1 Å². The summed E-state index contributed by atoms with van der Waals surface area (Å²) in [5.41, 5.74) is 0. The molecule has 1 rings (SSSR count). The summed E-state index contributed by atoms with van der Waals surface area (Å²) in [6.45, 7) is 3.49. The van der Waals surface area contributed by atoms with Gasteiger partial charge in [0, 0.05) is 20.1 Å². The fourth-order valence-corrected chi connectivity index (χ4v) is 1.38. The minimum atomic E-state index is 0.0785. The van der Waals surface area contributed by atoms with Gasteiger partial charge in [-0.25, -0.2) is 0 Å². The molecule has 4 nitrogen and oxygen atoms in total. The van der Waals surface area contributed by atoms with Crippen molar-refractivity contribution in [3.8, 4) is 0 Å². The third-order valence-electron chi connectivity index (χ3n) is 2.02. The molecule has 0 bridgehead atoms. The van der Waals surface area contributed by atoms with Gasteiger partial charge in [-0.05, 0) is 6.92 Å². The second-order valence-electron chi connectivity index (χ2n) is 3.21. The number of carbonyl (C=O) groups is 2. The van der Waals surface area contributed by atoms with E-state index in [2.05, 4.69) is 5.32 Å². The third kappa shape index (κ3) is 2.04. The van der Waals surface area contributed by atoms with E-state index >= 15 is 0 Å². The van der Waals surface area contributed by atoms with Crippen LogP contribution in [-0.2, 0) is 9.59 Å². The number of hydrogen-bond acceptors (Lipinski definition) is 3. The molecule has 0 aromatic rings. The van der Waals surface area contributed by atoms with E-state index in [-0.39, 0.29) is 17.6 Å². The van der Waals surface area contributed by atoms with Crippen molar-refractivity contribution in [3.05, 3.63) is 0 Å². The molecule has 0 radical (unpaired) electrons. The van der Waals surface area contributed by atoms with Crippen LogP contribution < -0.4 is 5.32 Å². The molecule has 0 aliphatic carbocycles. The average molecular weight is 170 g/mol. The lowest BCUT2D eigenvalue weighted by Crippen LogP contribution is -2.54. The Bertz CT molecular complexity index is 197. The maximum absolute atomic E-state index is 11.0. The molecule has 0 aromatic heterocycles. The Hall–Kier alpha value is -0.900. The molecular weight excluding hydrogens is 156 g/mol. The lowest BCUT2D eigenvalue weighted by Gasteiger charge is -2.37. The highest BCUT2D eigenvalue weighted by Gasteiger charge is 2.31. The van der Waals surface area contributed by atoms with Crippen molar-refractivity contribution < 1.29 is 9.59 Å². The fraction of sp³-hybridized carbons (Fsp3) is 0.750. The molecular formula is C8H14N2O2. The van der Waals surface area contributed by atoms with Crippen LogP contribution >= 0.6 is 0 Å². The van der Waals surface area contributed by atoms with E-state index in [0.29, 0.717) is 6.54 Å². The number of rotatable bonds is 3. The van der Waals surface area contributed by atoms with Crippen molar-refractivity contribution in [2.45, 2.75) is 6.92 Å². The van der Waals surface area contributed by atoms with E-state index in [1.807, 2.05) is 4.90 Å². The number of nitrogens with zero attached hydrogens (tertiary/aromatic N) is 1. The van der Waals surface area contributed by atoms with Gasteiger partial charge < -0.3 is 5.32 Å². The van der Waals surface area contributed by atoms with Gasteiger partial charge in [0.05, 0.1) is 12.5 Å². The Balaban J connectivity index is 2.20. The molecule has 1 amide bonds. The van der Waals surface area contributed by atoms with Gasteiger partial charge in [-0.15, -0.1) is 0 Å². The number of nitrogens with one attached hydrogen (secondary N) is 1.